The number of hydrogen-bond donors (Lipinski definition) is 2. The number of nitrogens with zero attached hydrogens (tertiary/aromatic N) is 1. The Bertz CT molecular complexity index is 281. The maximum Gasteiger partial charge on any atom is 0.227 e. The second-order valence-corrected chi connectivity index (χ2v) is 5.63. The Morgan fingerprint density at radius 1 is 1.35 bits per heavy atom. The lowest BCUT2D eigenvalue weighted by Crippen LogP contribution is -2.45. The number of carbonyl (C=O) groups is 1. The number of likely N-dealkylation sites (tertiary alicyclic amines) is 1. The largest absolute Gasteiger partial charge is 0.393 e. The predicted octanol–water partition coefficient (Wildman–Crippen LogP) is 0.733. The molecule has 0 aromatic rings. The maximum atomic E-state index is 12.3. The van der Waals surface area contributed by atoms with Gasteiger partial charge in [0.05, 0.1) is 12.0 Å². The first-order valence-corrected chi connectivity index (χ1v) is 6.82. The van der Waals surface area contributed by atoms with Gasteiger partial charge in [-0.15, -0.1) is 0 Å². The zero-order chi connectivity index (χ0) is 12.4. The Hall–Kier alpha value is -0.610. The summed E-state index contributed by atoms with van der Waals surface area (Å²) in [4.78, 5) is 14.3. The smallest absolute Gasteiger partial charge is 0.227 e. The van der Waals surface area contributed by atoms with Crippen molar-refractivity contribution < 1.29 is 9.90 Å². The van der Waals surface area contributed by atoms with Crippen molar-refractivity contribution in [2.45, 2.75) is 51.2 Å². The van der Waals surface area contributed by atoms with E-state index in [1.165, 1.54) is 0 Å². The topological polar surface area (TPSA) is 66.6 Å². The van der Waals surface area contributed by atoms with Crippen molar-refractivity contribution in [1.29, 1.82) is 0 Å². The summed E-state index contributed by atoms with van der Waals surface area (Å²) in [5.41, 5.74) is 6.05. The molecule has 2 fully saturated rings. The third-order valence-electron chi connectivity index (χ3n) is 4.36. The van der Waals surface area contributed by atoms with Gasteiger partial charge in [-0.2, -0.15) is 0 Å². The molecule has 0 radical (unpaired) electrons. The molecule has 17 heavy (non-hydrogen) atoms. The van der Waals surface area contributed by atoms with E-state index in [1.54, 1.807) is 0 Å². The molecule has 3 N–H and O–H groups in total. The Balaban J connectivity index is 1.92. The molecule has 1 aliphatic carbocycles. The number of carbonyl (C=O) groups excluding carboxylic acids is 1. The van der Waals surface area contributed by atoms with Crippen LogP contribution in [0, 0.1) is 11.8 Å². The Kier molecular flexibility index (Phi) is 4.05. The minimum Gasteiger partial charge on any atom is -0.393 e. The Morgan fingerprint density at radius 3 is 2.65 bits per heavy atom. The van der Waals surface area contributed by atoms with E-state index in [-0.39, 0.29) is 29.9 Å². The second kappa shape index (κ2) is 5.36. The number of rotatable bonds is 2. The zero-order valence-corrected chi connectivity index (χ0v) is 10.6. The second-order valence-electron chi connectivity index (χ2n) is 5.63. The van der Waals surface area contributed by atoms with Gasteiger partial charge in [0.2, 0.25) is 5.91 Å². The summed E-state index contributed by atoms with van der Waals surface area (Å²) >= 11 is 0. The standard InChI is InChI=1S/C13H24N2O2/c1-9(16)10-6-7-15(8-10)13(17)11-4-2-3-5-12(11)14/h9-12,16H,2-8,14H2,1H3. The van der Waals surface area contributed by atoms with Crippen LogP contribution in [0.1, 0.15) is 39.0 Å². The van der Waals surface area contributed by atoms with Gasteiger partial charge in [-0.25, -0.2) is 0 Å². The fourth-order valence-electron chi connectivity index (χ4n) is 3.08. The first-order valence-electron chi connectivity index (χ1n) is 6.82. The summed E-state index contributed by atoms with van der Waals surface area (Å²) in [7, 11) is 0. The first kappa shape index (κ1) is 12.8. The fraction of sp³-hybridized carbons (Fsp3) is 0.923. The van der Waals surface area contributed by atoms with Gasteiger partial charge < -0.3 is 15.7 Å². The molecule has 0 aromatic heterocycles. The van der Waals surface area contributed by atoms with E-state index in [9.17, 15) is 9.90 Å². The molecule has 1 amide bonds. The van der Waals surface area contributed by atoms with Crippen molar-refractivity contribution in [3.63, 3.8) is 0 Å². The molecule has 1 aliphatic heterocycles. The highest BCUT2D eigenvalue weighted by molar-refractivity contribution is 5.80. The van der Waals surface area contributed by atoms with E-state index in [2.05, 4.69) is 0 Å². The molecular weight excluding hydrogens is 216 g/mol. The van der Waals surface area contributed by atoms with Crippen LogP contribution in [0.2, 0.25) is 0 Å². The number of amides is 1. The van der Waals surface area contributed by atoms with Gasteiger partial charge in [0.25, 0.3) is 0 Å². The van der Waals surface area contributed by atoms with Gasteiger partial charge in [0.15, 0.2) is 0 Å². The highest BCUT2D eigenvalue weighted by Gasteiger charge is 2.35. The molecule has 4 heteroatoms. The summed E-state index contributed by atoms with van der Waals surface area (Å²) in [6.45, 7) is 3.31. The number of hydrogen-bond acceptors (Lipinski definition) is 3. The van der Waals surface area contributed by atoms with Gasteiger partial charge in [-0.1, -0.05) is 12.8 Å². The van der Waals surface area contributed by atoms with E-state index < -0.39 is 0 Å². The van der Waals surface area contributed by atoms with E-state index in [4.69, 9.17) is 5.73 Å². The molecule has 4 unspecified atom stereocenters. The molecule has 0 aromatic carbocycles. The van der Waals surface area contributed by atoms with Crippen molar-refractivity contribution in [1.82, 2.24) is 4.90 Å². The molecule has 1 heterocycles. The van der Waals surface area contributed by atoms with Gasteiger partial charge in [-0.3, -0.25) is 4.79 Å². The number of aliphatic hydroxyl groups excluding tert-OH is 1. The van der Waals surface area contributed by atoms with E-state index in [0.717, 1.165) is 38.6 Å². The van der Waals surface area contributed by atoms with Gasteiger partial charge in [0.1, 0.15) is 0 Å². The van der Waals surface area contributed by atoms with Crippen LogP contribution in [-0.2, 0) is 4.79 Å². The average molecular weight is 240 g/mol. The third-order valence-corrected chi connectivity index (χ3v) is 4.36. The molecule has 0 bridgehead atoms. The van der Waals surface area contributed by atoms with Gasteiger partial charge >= 0.3 is 0 Å². The van der Waals surface area contributed by atoms with E-state index >= 15 is 0 Å². The maximum absolute atomic E-state index is 12.3. The first-order chi connectivity index (χ1) is 8.09. The number of nitrogens with two attached hydrogens (primary N) is 1. The van der Waals surface area contributed by atoms with Crippen LogP contribution in [0.4, 0.5) is 0 Å². The van der Waals surface area contributed by atoms with Crippen molar-refractivity contribution in [2.24, 2.45) is 17.6 Å². The average Bonchev–Trinajstić information content (AvgIpc) is 2.78. The molecule has 98 valence electrons. The molecular formula is C13H24N2O2. The summed E-state index contributed by atoms with van der Waals surface area (Å²) in [6.07, 6.45) is 4.80. The van der Waals surface area contributed by atoms with Crippen LogP contribution in [0.3, 0.4) is 0 Å². The Morgan fingerprint density at radius 2 is 2.06 bits per heavy atom. The lowest BCUT2D eigenvalue weighted by atomic mass is 9.84. The Labute approximate surface area is 103 Å². The van der Waals surface area contributed by atoms with Crippen molar-refractivity contribution in [2.75, 3.05) is 13.1 Å². The summed E-state index contributed by atoms with van der Waals surface area (Å²) in [5, 5.41) is 9.55. The van der Waals surface area contributed by atoms with E-state index in [1.807, 2.05) is 11.8 Å². The monoisotopic (exact) mass is 240 g/mol. The molecule has 4 nitrogen and oxygen atoms in total. The molecule has 0 spiro atoms. The third kappa shape index (κ3) is 2.80. The van der Waals surface area contributed by atoms with Gasteiger partial charge in [-0.05, 0) is 26.2 Å². The molecule has 2 aliphatic rings. The van der Waals surface area contributed by atoms with Crippen molar-refractivity contribution >= 4 is 5.91 Å². The zero-order valence-electron chi connectivity index (χ0n) is 10.6. The minimum absolute atomic E-state index is 0.0245. The van der Waals surface area contributed by atoms with Gasteiger partial charge in [0, 0.05) is 25.0 Å². The van der Waals surface area contributed by atoms with Crippen molar-refractivity contribution in [3.05, 3.63) is 0 Å². The van der Waals surface area contributed by atoms with Crippen LogP contribution in [-0.4, -0.2) is 41.1 Å². The number of aliphatic hydroxyl groups is 1. The molecule has 1 saturated heterocycles. The summed E-state index contributed by atoms with van der Waals surface area (Å²) in [6, 6.07) is 0.0434. The van der Waals surface area contributed by atoms with Crippen LogP contribution in [0.15, 0.2) is 0 Å². The fourth-order valence-corrected chi connectivity index (χ4v) is 3.08. The lowest BCUT2D eigenvalue weighted by molar-refractivity contribution is -0.136. The quantitative estimate of drug-likeness (QED) is 0.748. The van der Waals surface area contributed by atoms with E-state index in [0.29, 0.717) is 6.54 Å². The normalized spacial score (nSPS) is 35.9. The van der Waals surface area contributed by atoms with Crippen LogP contribution in [0.25, 0.3) is 0 Å². The van der Waals surface area contributed by atoms with Crippen LogP contribution < -0.4 is 5.73 Å². The SMILES string of the molecule is CC(O)C1CCN(C(=O)C2CCCCC2N)C1. The van der Waals surface area contributed by atoms with Crippen molar-refractivity contribution in [3.8, 4) is 0 Å². The van der Waals surface area contributed by atoms with Crippen LogP contribution >= 0.6 is 0 Å². The highest BCUT2D eigenvalue weighted by Crippen LogP contribution is 2.28. The molecule has 2 rings (SSSR count). The van der Waals surface area contributed by atoms with Crippen LogP contribution in [0.5, 0.6) is 0 Å². The summed E-state index contributed by atoms with van der Waals surface area (Å²) < 4.78 is 0. The minimum atomic E-state index is -0.312. The lowest BCUT2D eigenvalue weighted by Gasteiger charge is -2.31. The molecule has 1 saturated carbocycles. The predicted molar refractivity (Wildman–Crippen MR) is 66.3 cm³/mol. The molecule has 4 atom stereocenters. The highest BCUT2D eigenvalue weighted by atomic mass is 16.3. The summed E-state index contributed by atoms with van der Waals surface area (Å²) in [5.74, 6) is 0.496.